The molecule has 0 saturated carbocycles. The van der Waals surface area contributed by atoms with Crippen molar-refractivity contribution in [1.29, 1.82) is 0 Å². The van der Waals surface area contributed by atoms with Crippen LogP contribution >= 0.6 is 23.7 Å². The van der Waals surface area contributed by atoms with Crippen LogP contribution in [0.1, 0.15) is 24.0 Å². The third-order valence-corrected chi connectivity index (χ3v) is 9.76. The zero-order valence-corrected chi connectivity index (χ0v) is 32.8. The Balaban J connectivity index is 0.00000627. The summed E-state index contributed by atoms with van der Waals surface area (Å²) in [5.74, 6) is 1.32. The number of aromatic nitrogens is 1. The number of thiazole rings is 1. The van der Waals surface area contributed by atoms with E-state index < -0.39 is 20.2 Å². The highest BCUT2D eigenvalue weighted by Crippen LogP contribution is 2.36. The minimum Gasteiger partial charge on any atom is -0.493 e. The van der Waals surface area contributed by atoms with Crippen molar-refractivity contribution < 1.29 is 34.7 Å². The number of ether oxygens (including phenoxy) is 2. The summed E-state index contributed by atoms with van der Waals surface area (Å²) in [5, 5.41) is 2.90. The molecule has 0 fully saturated rings. The Kier molecular flexibility index (Phi) is 15.4. The largest absolute Gasteiger partial charge is 0.493 e. The summed E-state index contributed by atoms with van der Waals surface area (Å²) in [4.78, 5) is 11.5. The molecule has 0 saturated heterocycles. The fourth-order valence-corrected chi connectivity index (χ4v) is 6.80. The molecule has 4 aromatic carbocycles. The molecule has 0 bridgehead atoms. The lowest BCUT2D eigenvalue weighted by molar-refractivity contribution is 0.284. The first-order chi connectivity index (χ1) is 25.0. The molecule has 5 aromatic rings. The molecular formula is C38H42ClN3O8S3. The van der Waals surface area contributed by atoms with Gasteiger partial charge >= 0.3 is 0 Å². The van der Waals surface area contributed by atoms with E-state index in [1.807, 2.05) is 107 Å². The third-order valence-electron chi connectivity index (χ3n) is 7.68. The van der Waals surface area contributed by atoms with Crippen LogP contribution in [-0.2, 0) is 35.2 Å². The van der Waals surface area contributed by atoms with E-state index in [0.29, 0.717) is 44.0 Å². The minimum atomic E-state index is -3.53. The Morgan fingerprint density at radius 3 is 2.00 bits per heavy atom. The zero-order valence-electron chi connectivity index (χ0n) is 29.6. The number of nitrogens with zero attached hydrogens (tertiary/aromatic N) is 3. The first-order valence-electron chi connectivity index (χ1n) is 16.4. The molecule has 15 heteroatoms. The predicted octanol–water partition coefficient (Wildman–Crippen LogP) is 7.78. The van der Waals surface area contributed by atoms with Gasteiger partial charge in [0.1, 0.15) is 11.6 Å². The Hall–Kier alpha value is -4.31. The van der Waals surface area contributed by atoms with Gasteiger partial charge in [-0.3, -0.25) is 13.4 Å². The van der Waals surface area contributed by atoms with Crippen molar-refractivity contribution in [3.8, 4) is 33.3 Å². The van der Waals surface area contributed by atoms with Gasteiger partial charge in [0.25, 0.3) is 20.2 Å². The molecule has 0 atom stereocenters. The molecule has 282 valence electrons. The van der Waals surface area contributed by atoms with E-state index in [4.69, 9.17) is 22.8 Å². The van der Waals surface area contributed by atoms with Crippen molar-refractivity contribution in [1.82, 2.24) is 4.98 Å². The molecule has 1 heterocycles. The number of methoxy groups -OCH3 is 1. The third kappa shape index (κ3) is 13.6. The van der Waals surface area contributed by atoms with E-state index in [0.717, 1.165) is 56.8 Å². The number of halogens is 1. The summed E-state index contributed by atoms with van der Waals surface area (Å²) < 4.78 is 66.7. The van der Waals surface area contributed by atoms with Gasteiger partial charge in [0.2, 0.25) is 0 Å². The lowest BCUT2D eigenvalue weighted by Gasteiger charge is -2.25. The molecule has 0 spiro atoms. The summed E-state index contributed by atoms with van der Waals surface area (Å²) in [6.07, 6.45) is 4.75. The highest BCUT2D eigenvalue weighted by atomic mass is 35.5. The first kappa shape index (κ1) is 41.4. The summed E-state index contributed by atoms with van der Waals surface area (Å²) in [5.41, 5.74) is 6.44. The molecule has 0 aliphatic carbocycles. The van der Waals surface area contributed by atoms with Gasteiger partial charge in [-0.05, 0) is 66.4 Å². The molecule has 0 aliphatic rings. The van der Waals surface area contributed by atoms with Gasteiger partial charge < -0.3 is 14.4 Å². The number of anilines is 1. The lowest BCUT2D eigenvalue weighted by Crippen LogP contribution is -2.27. The summed E-state index contributed by atoms with van der Waals surface area (Å²) in [6.45, 7) is 1.58. The second-order valence-corrected chi connectivity index (χ2v) is 16.0. The monoisotopic (exact) mass is 799 g/mol. The second-order valence-electron chi connectivity index (χ2n) is 11.8. The van der Waals surface area contributed by atoms with Gasteiger partial charge in [0.15, 0.2) is 11.5 Å². The maximum absolute atomic E-state index is 11.3. The van der Waals surface area contributed by atoms with Gasteiger partial charge in [-0.2, -0.15) is 16.8 Å². The fraction of sp³-hybridized carbons (Fsp3) is 0.263. The Labute approximate surface area is 321 Å². The first-order valence-corrected chi connectivity index (χ1v) is 21.0. The van der Waals surface area contributed by atoms with E-state index in [2.05, 4.69) is 4.99 Å². The molecule has 0 amide bonds. The van der Waals surface area contributed by atoms with Crippen LogP contribution in [-0.4, -0.2) is 74.0 Å². The van der Waals surface area contributed by atoms with Crippen LogP contribution in [0.15, 0.2) is 107 Å². The topological polar surface area (TPSA) is 134 Å². The molecule has 53 heavy (non-hydrogen) atoms. The van der Waals surface area contributed by atoms with Gasteiger partial charge in [-0.1, -0.05) is 54.6 Å². The van der Waals surface area contributed by atoms with Crippen molar-refractivity contribution in [3.05, 3.63) is 114 Å². The highest BCUT2D eigenvalue weighted by molar-refractivity contribution is 7.86. The van der Waals surface area contributed by atoms with E-state index in [1.54, 1.807) is 24.7 Å². The Morgan fingerprint density at radius 2 is 1.40 bits per heavy atom. The zero-order chi connectivity index (χ0) is 37.0. The number of rotatable bonds is 19. The predicted molar refractivity (Wildman–Crippen MR) is 214 cm³/mol. The van der Waals surface area contributed by atoms with E-state index >= 15 is 0 Å². The lowest BCUT2D eigenvalue weighted by atomic mass is 10.1. The van der Waals surface area contributed by atoms with Crippen molar-refractivity contribution in [2.24, 2.45) is 4.99 Å². The summed E-state index contributed by atoms with van der Waals surface area (Å²) in [6, 6.07) is 31.5. The Bertz CT molecular complexity index is 2110. The van der Waals surface area contributed by atoms with Crippen LogP contribution in [0.25, 0.3) is 21.8 Å². The van der Waals surface area contributed by atoms with Crippen molar-refractivity contribution in [3.63, 3.8) is 0 Å². The maximum Gasteiger partial charge on any atom is 0.264 e. The van der Waals surface area contributed by atoms with Gasteiger partial charge in [-0.25, -0.2) is 4.98 Å². The van der Waals surface area contributed by atoms with E-state index in [1.165, 1.54) is 0 Å². The van der Waals surface area contributed by atoms with Crippen molar-refractivity contribution in [2.75, 3.05) is 50.8 Å². The van der Waals surface area contributed by atoms with Crippen LogP contribution in [0.3, 0.4) is 0 Å². The number of aliphatic imine (C=N–C) groups is 1. The normalized spacial score (nSPS) is 11.7. The van der Waals surface area contributed by atoms with Crippen LogP contribution < -0.4 is 14.4 Å². The molecular weight excluding hydrogens is 758 g/mol. The molecule has 0 unspecified atom stereocenters. The van der Waals surface area contributed by atoms with Crippen LogP contribution in [0.2, 0.25) is 0 Å². The minimum absolute atomic E-state index is 0. The van der Waals surface area contributed by atoms with Gasteiger partial charge in [0.05, 0.1) is 44.2 Å². The van der Waals surface area contributed by atoms with Crippen molar-refractivity contribution >= 4 is 61.6 Å². The van der Waals surface area contributed by atoms with E-state index in [-0.39, 0.29) is 25.6 Å². The smallest absolute Gasteiger partial charge is 0.264 e. The summed E-state index contributed by atoms with van der Waals surface area (Å²) >= 11 is 1.56. The fourth-order valence-electron chi connectivity index (χ4n) is 5.13. The summed E-state index contributed by atoms with van der Waals surface area (Å²) in [7, 11) is -5.42. The van der Waals surface area contributed by atoms with Crippen molar-refractivity contribution in [2.45, 2.75) is 19.4 Å². The van der Waals surface area contributed by atoms with Gasteiger partial charge in [-0.15, -0.1) is 23.7 Å². The van der Waals surface area contributed by atoms with Crippen LogP contribution in [0.4, 0.5) is 11.4 Å². The maximum atomic E-state index is 11.3. The molecule has 0 aliphatic heterocycles. The average Bonchev–Trinajstić information content (AvgIpc) is 3.63. The average molecular weight is 800 g/mol. The SMILES string of the molecule is COc1cc(-c2nc(-c3ccc(N=Cc4ccc(N(CCCOS(C)(=O)=O)CCCOS(C)(=O)=O)cc4)cc3)cs2)ccc1OCc1ccccc1.Cl. The Morgan fingerprint density at radius 1 is 0.774 bits per heavy atom. The molecule has 0 N–H and O–H groups in total. The standard InChI is InChI=1S/C38H41N3O8S3.ClH/c1-46-37-25-32(15-20-36(37)47-27-30-9-5-4-6-10-30)38-40-35(28-50-38)31-13-16-33(17-14-31)39-26-29-11-18-34(19-12-29)41(21-7-23-48-51(2,42)43)22-8-24-49-52(3,44)45;/h4-6,9-20,25-26,28H,7-8,21-24,27H2,1-3H3;1H. The quantitative estimate of drug-likeness (QED) is 0.0463. The molecule has 0 radical (unpaired) electrons. The molecule has 11 nitrogen and oxygen atoms in total. The van der Waals surface area contributed by atoms with Crippen LogP contribution in [0.5, 0.6) is 11.5 Å². The van der Waals surface area contributed by atoms with Crippen LogP contribution in [0, 0.1) is 0 Å². The second kappa shape index (κ2) is 19.7. The molecule has 1 aromatic heterocycles. The molecule has 5 rings (SSSR count). The highest BCUT2D eigenvalue weighted by Gasteiger charge is 2.13. The number of hydrogen-bond acceptors (Lipinski definition) is 12. The number of benzene rings is 4. The van der Waals surface area contributed by atoms with Gasteiger partial charge in [0, 0.05) is 41.5 Å². The number of hydrogen-bond donors (Lipinski definition) is 0. The van der Waals surface area contributed by atoms with E-state index in [9.17, 15) is 16.8 Å².